The first-order chi connectivity index (χ1) is 10.3. The molecule has 4 N–H and O–H groups in total. The number of ether oxygens (including phenoxy) is 1. The molecule has 1 unspecified atom stereocenters. The Labute approximate surface area is 125 Å². The molecule has 1 aromatic heterocycles. The van der Waals surface area contributed by atoms with Crippen LogP contribution in [0.2, 0.25) is 0 Å². The van der Waals surface area contributed by atoms with Gasteiger partial charge in [-0.05, 0) is 45.4 Å². The average Bonchev–Trinajstić information content (AvgIpc) is 3.35. The van der Waals surface area contributed by atoms with Crippen LogP contribution in [0.25, 0.3) is 0 Å². The van der Waals surface area contributed by atoms with Crippen LogP contribution in [0, 0.1) is 6.92 Å². The van der Waals surface area contributed by atoms with Gasteiger partial charge in [0, 0.05) is 24.6 Å². The molecule has 1 saturated heterocycles. The fourth-order valence-corrected chi connectivity index (χ4v) is 2.76. The Balaban J connectivity index is 1.61. The predicted molar refractivity (Wildman–Crippen MR) is 83.3 cm³/mol. The molecule has 1 aliphatic heterocycles. The van der Waals surface area contributed by atoms with Gasteiger partial charge in [-0.3, -0.25) is 0 Å². The Morgan fingerprint density at radius 2 is 2.00 bits per heavy atom. The molecule has 1 atom stereocenters. The quantitative estimate of drug-likeness (QED) is 0.551. The summed E-state index contributed by atoms with van der Waals surface area (Å²) < 4.78 is 5.76. The number of hydrogen-bond acceptors (Lipinski definition) is 6. The minimum atomic E-state index is 0.392. The summed E-state index contributed by atoms with van der Waals surface area (Å²) in [6.07, 6.45) is 7.43. The summed E-state index contributed by atoms with van der Waals surface area (Å²) in [5, 5.41) is 3.43. The van der Waals surface area contributed by atoms with Crippen LogP contribution < -0.4 is 16.6 Å². The molecule has 0 bridgehead atoms. The van der Waals surface area contributed by atoms with Crippen LogP contribution in [0.4, 0.5) is 11.6 Å². The van der Waals surface area contributed by atoms with E-state index >= 15 is 0 Å². The maximum Gasteiger partial charge on any atom is 0.148 e. The van der Waals surface area contributed by atoms with Crippen LogP contribution in [0.5, 0.6) is 0 Å². The molecule has 1 aliphatic carbocycles. The highest BCUT2D eigenvalue weighted by Crippen LogP contribution is 2.39. The Bertz CT molecular complexity index is 483. The predicted octanol–water partition coefficient (Wildman–Crippen LogP) is 2.32. The Morgan fingerprint density at radius 3 is 2.67 bits per heavy atom. The van der Waals surface area contributed by atoms with Crippen molar-refractivity contribution in [2.24, 2.45) is 5.84 Å². The van der Waals surface area contributed by atoms with Gasteiger partial charge in [-0.15, -0.1) is 0 Å². The maximum atomic E-state index is 5.76. The summed E-state index contributed by atoms with van der Waals surface area (Å²) in [7, 11) is 0. The Kier molecular flexibility index (Phi) is 4.55. The van der Waals surface area contributed by atoms with E-state index in [0.717, 1.165) is 42.6 Å². The number of nitrogens with two attached hydrogens (primary N) is 1. The normalized spacial score (nSPS) is 22.1. The molecule has 116 valence electrons. The monoisotopic (exact) mass is 291 g/mol. The fraction of sp³-hybridized carbons (Fsp3) is 0.733. The van der Waals surface area contributed by atoms with Crippen molar-refractivity contribution in [1.82, 2.24) is 9.97 Å². The fourth-order valence-electron chi connectivity index (χ4n) is 2.76. The summed E-state index contributed by atoms with van der Waals surface area (Å²) in [5.74, 6) is 8.61. The lowest BCUT2D eigenvalue weighted by Crippen LogP contribution is -2.22. The first-order valence-electron chi connectivity index (χ1n) is 7.98. The summed E-state index contributed by atoms with van der Waals surface area (Å²) in [4.78, 5) is 9.17. The van der Waals surface area contributed by atoms with E-state index < -0.39 is 0 Å². The number of rotatable bonds is 6. The summed E-state index contributed by atoms with van der Waals surface area (Å²) in [6.45, 7) is 3.77. The van der Waals surface area contributed by atoms with Crippen molar-refractivity contribution >= 4 is 11.6 Å². The first kappa shape index (κ1) is 14.5. The second-order valence-corrected chi connectivity index (χ2v) is 6.03. The molecule has 2 aliphatic rings. The number of nitrogens with zero attached hydrogens (tertiary/aromatic N) is 2. The number of nitrogen functional groups attached to an aromatic ring is 1. The standard InChI is InChI=1S/C15H25N5O/c1-10-13(17-8-7-12-4-2-3-9-21-12)18-15(11-5-6-11)19-14(10)20-16/h11-12H,2-9,16H2,1H3,(H2,17,18,19,20). The molecule has 1 saturated carbocycles. The average molecular weight is 291 g/mol. The van der Waals surface area contributed by atoms with E-state index in [1.165, 1.54) is 32.1 Å². The number of anilines is 2. The van der Waals surface area contributed by atoms with Crippen molar-refractivity contribution in [3.05, 3.63) is 11.4 Å². The lowest BCUT2D eigenvalue weighted by Gasteiger charge is -2.23. The number of hydrazine groups is 1. The van der Waals surface area contributed by atoms with E-state index in [4.69, 9.17) is 10.6 Å². The Morgan fingerprint density at radius 1 is 1.19 bits per heavy atom. The summed E-state index contributed by atoms with van der Waals surface area (Å²) >= 11 is 0. The molecule has 6 heteroatoms. The van der Waals surface area contributed by atoms with Gasteiger partial charge in [0.1, 0.15) is 17.5 Å². The lowest BCUT2D eigenvalue weighted by molar-refractivity contribution is 0.0134. The van der Waals surface area contributed by atoms with Crippen molar-refractivity contribution < 1.29 is 4.74 Å². The molecule has 0 spiro atoms. The van der Waals surface area contributed by atoms with E-state index in [9.17, 15) is 0 Å². The third-order valence-electron chi connectivity index (χ3n) is 4.28. The number of aromatic nitrogens is 2. The molecule has 3 rings (SSSR count). The zero-order valence-corrected chi connectivity index (χ0v) is 12.7. The van der Waals surface area contributed by atoms with Crippen LogP contribution in [0.1, 0.15) is 55.8 Å². The van der Waals surface area contributed by atoms with E-state index in [0.29, 0.717) is 12.0 Å². The van der Waals surface area contributed by atoms with Gasteiger partial charge < -0.3 is 15.5 Å². The molecule has 1 aromatic rings. The van der Waals surface area contributed by atoms with E-state index in [-0.39, 0.29) is 0 Å². The van der Waals surface area contributed by atoms with Gasteiger partial charge in [0.25, 0.3) is 0 Å². The van der Waals surface area contributed by atoms with Gasteiger partial charge in [0.15, 0.2) is 0 Å². The van der Waals surface area contributed by atoms with Crippen molar-refractivity contribution in [1.29, 1.82) is 0 Å². The molecule has 0 amide bonds. The highest BCUT2D eigenvalue weighted by Gasteiger charge is 2.28. The lowest BCUT2D eigenvalue weighted by atomic mass is 10.1. The molecule has 2 heterocycles. The van der Waals surface area contributed by atoms with Crippen LogP contribution in [-0.4, -0.2) is 29.2 Å². The maximum absolute atomic E-state index is 5.76. The molecule has 2 fully saturated rings. The van der Waals surface area contributed by atoms with Crippen molar-refractivity contribution in [2.45, 2.75) is 57.5 Å². The smallest absolute Gasteiger partial charge is 0.148 e. The van der Waals surface area contributed by atoms with Gasteiger partial charge in [0.2, 0.25) is 0 Å². The van der Waals surface area contributed by atoms with Gasteiger partial charge >= 0.3 is 0 Å². The van der Waals surface area contributed by atoms with Crippen molar-refractivity contribution in [3.8, 4) is 0 Å². The zero-order chi connectivity index (χ0) is 14.7. The van der Waals surface area contributed by atoms with Crippen LogP contribution in [-0.2, 0) is 4.74 Å². The topological polar surface area (TPSA) is 85.1 Å². The van der Waals surface area contributed by atoms with E-state index in [2.05, 4.69) is 20.7 Å². The van der Waals surface area contributed by atoms with E-state index in [1.54, 1.807) is 0 Å². The van der Waals surface area contributed by atoms with Crippen LogP contribution in [0.3, 0.4) is 0 Å². The first-order valence-corrected chi connectivity index (χ1v) is 7.98. The number of nitrogens with one attached hydrogen (secondary N) is 2. The Hall–Kier alpha value is -1.40. The highest BCUT2D eigenvalue weighted by atomic mass is 16.5. The largest absolute Gasteiger partial charge is 0.378 e. The van der Waals surface area contributed by atoms with Crippen molar-refractivity contribution in [2.75, 3.05) is 23.9 Å². The molecule has 0 radical (unpaired) electrons. The van der Waals surface area contributed by atoms with Gasteiger partial charge in [-0.1, -0.05) is 0 Å². The molecule has 0 aromatic carbocycles. The van der Waals surface area contributed by atoms with Crippen LogP contribution >= 0.6 is 0 Å². The highest BCUT2D eigenvalue weighted by molar-refractivity contribution is 5.57. The summed E-state index contributed by atoms with van der Waals surface area (Å²) in [5.41, 5.74) is 3.66. The zero-order valence-electron chi connectivity index (χ0n) is 12.7. The molecular weight excluding hydrogens is 266 g/mol. The third kappa shape index (κ3) is 3.63. The van der Waals surface area contributed by atoms with Gasteiger partial charge in [0.05, 0.1) is 6.10 Å². The van der Waals surface area contributed by atoms with Gasteiger partial charge in [-0.25, -0.2) is 15.8 Å². The summed E-state index contributed by atoms with van der Waals surface area (Å²) in [6, 6.07) is 0. The molecule has 6 nitrogen and oxygen atoms in total. The van der Waals surface area contributed by atoms with Crippen molar-refractivity contribution in [3.63, 3.8) is 0 Å². The molecule has 21 heavy (non-hydrogen) atoms. The molecular formula is C15H25N5O. The second kappa shape index (κ2) is 6.58. The minimum absolute atomic E-state index is 0.392. The van der Waals surface area contributed by atoms with Gasteiger partial charge in [-0.2, -0.15) is 0 Å². The second-order valence-electron chi connectivity index (χ2n) is 6.03. The minimum Gasteiger partial charge on any atom is -0.378 e. The van der Waals surface area contributed by atoms with Crippen LogP contribution in [0.15, 0.2) is 0 Å². The number of hydrogen-bond donors (Lipinski definition) is 3. The third-order valence-corrected chi connectivity index (χ3v) is 4.28. The SMILES string of the molecule is Cc1c(NN)nc(C2CC2)nc1NCCC1CCCCO1. The van der Waals surface area contributed by atoms with E-state index in [1.807, 2.05) is 6.92 Å².